The second-order valence-electron chi connectivity index (χ2n) is 5.32. The fourth-order valence-corrected chi connectivity index (χ4v) is 2.50. The number of halogens is 4. The molecule has 0 fully saturated rings. The van der Waals surface area contributed by atoms with Gasteiger partial charge in [-0.2, -0.15) is 13.2 Å². The zero-order valence-electron chi connectivity index (χ0n) is 12.8. The van der Waals surface area contributed by atoms with Crippen LogP contribution in [-0.2, 0) is 6.18 Å². The number of rotatable bonds is 2. The van der Waals surface area contributed by atoms with Crippen LogP contribution in [0.15, 0.2) is 46.8 Å². The standard InChI is InChI=1S/C16H12ClF3N4/c1-9-3-6-14-21-10(2)15(24(14)8-9)23-22-11-4-5-13(17)12(7-11)16(18,19)20/h3-8H,1-2H3. The molecule has 4 nitrogen and oxygen atoms in total. The van der Waals surface area contributed by atoms with Crippen molar-refractivity contribution in [2.45, 2.75) is 20.0 Å². The Morgan fingerprint density at radius 3 is 2.54 bits per heavy atom. The molecule has 0 unspecified atom stereocenters. The average molecular weight is 353 g/mol. The maximum absolute atomic E-state index is 12.9. The lowest BCUT2D eigenvalue weighted by atomic mass is 10.2. The summed E-state index contributed by atoms with van der Waals surface area (Å²) in [4.78, 5) is 4.35. The highest BCUT2D eigenvalue weighted by Gasteiger charge is 2.33. The number of fused-ring (bicyclic) bond motifs is 1. The first-order valence-corrected chi connectivity index (χ1v) is 7.37. The van der Waals surface area contributed by atoms with E-state index in [-0.39, 0.29) is 10.7 Å². The highest BCUT2D eigenvalue weighted by molar-refractivity contribution is 6.31. The number of aryl methyl sites for hydroxylation is 2. The van der Waals surface area contributed by atoms with E-state index in [0.717, 1.165) is 17.7 Å². The molecule has 2 aromatic heterocycles. The van der Waals surface area contributed by atoms with Gasteiger partial charge in [0.2, 0.25) is 0 Å². The molecule has 8 heteroatoms. The van der Waals surface area contributed by atoms with Gasteiger partial charge in [-0.25, -0.2) is 4.98 Å². The van der Waals surface area contributed by atoms with Crippen molar-refractivity contribution >= 4 is 28.8 Å². The van der Waals surface area contributed by atoms with Gasteiger partial charge >= 0.3 is 6.18 Å². The summed E-state index contributed by atoms with van der Waals surface area (Å²) in [5, 5.41) is 7.61. The van der Waals surface area contributed by atoms with Crippen LogP contribution in [0, 0.1) is 13.8 Å². The average Bonchev–Trinajstić information content (AvgIpc) is 2.80. The van der Waals surface area contributed by atoms with Crippen LogP contribution in [0.5, 0.6) is 0 Å². The molecular weight excluding hydrogens is 341 g/mol. The molecule has 2 heterocycles. The van der Waals surface area contributed by atoms with E-state index < -0.39 is 11.7 Å². The number of aromatic nitrogens is 2. The highest BCUT2D eigenvalue weighted by Crippen LogP contribution is 2.37. The zero-order valence-corrected chi connectivity index (χ0v) is 13.5. The smallest absolute Gasteiger partial charge is 0.283 e. The molecule has 0 bridgehead atoms. The fourth-order valence-electron chi connectivity index (χ4n) is 2.27. The monoisotopic (exact) mass is 352 g/mol. The van der Waals surface area contributed by atoms with Crippen LogP contribution in [0.4, 0.5) is 24.7 Å². The summed E-state index contributed by atoms with van der Waals surface area (Å²) in [7, 11) is 0. The van der Waals surface area contributed by atoms with E-state index in [1.165, 1.54) is 6.07 Å². The number of imidazole rings is 1. The summed E-state index contributed by atoms with van der Waals surface area (Å²) in [6.07, 6.45) is -2.70. The van der Waals surface area contributed by atoms with Crippen molar-refractivity contribution in [3.63, 3.8) is 0 Å². The van der Waals surface area contributed by atoms with Crippen LogP contribution in [-0.4, -0.2) is 9.38 Å². The van der Waals surface area contributed by atoms with Crippen LogP contribution in [0.25, 0.3) is 5.65 Å². The number of benzene rings is 1. The molecule has 0 saturated heterocycles. The van der Waals surface area contributed by atoms with Crippen molar-refractivity contribution in [1.29, 1.82) is 0 Å². The Bertz CT molecular complexity index is 944. The van der Waals surface area contributed by atoms with Gasteiger partial charge in [0, 0.05) is 6.20 Å². The summed E-state index contributed by atoms with van der Waals surface area (Å²) in [6, 6.07) is 7.16. The Hall–Kier alpha value is -2.41. The van der Waals surface area contributed by atoms with Crippen molar-refractivity contribution in [2.75, 3.05) is 0 Å². The van der Waals surface area contributed by atoms with Crippen molar-refractivity contribution in [3.05, 3.63) is 58.4 Å². The van der Waals surface area contributed by atoms with E-state index >= 15 is 0 Å². The molecule has 1 aromatic carbocycles. The first-order valence-electron chi connectivity index (χ1n) is 6.99. The number of hydrogen-bond acceptors (Lipinski definition) is 3. The van der Waals surface area contributed by atoms with Gasteiger partial charge in [-0.15, -0.1) is 10.2 Å². The van der Waals surface area contributed by atoms with Crippen molar-refractivity contribution in [3.8, 4) is 0 Å². The van der Waals surface area contributed by atoms with Crippen LogP contribution in [0.3, 0.4) is 0 Å². The van der Waals surface area contributed by atoms with E-state index in [0.29, 0.717) is 17.2 Å². The Morgan fingerprint density at radius 1 is 1.08 bits per heavy atom. The summed E-state index contributed by atoms with van der Waals surface area (Å²) >= 11 is 5.59. The molecule has 0 amide bonds. The molecule has 0 aliphatic heterocycles. The largest absolute Gasteiger partial charge is 0.417 e. The van der Waals surface area contributed by atoms with Crippen LogP contribution >= 0.6 is 11.6 Å². The number of nitrogens with zero attached hydrogens (tertiary/aromatic N) is 4. The molecule has 0 N–H and O–H groups in total. The summed E-state index contributed by atoms with van der Waals surface area (Å²) in [5.74, 6) is 0.470. The molecule has 0 atom stereocenters. The van der Waals surface area contributed by atoms with Crippen LogP contribution < -0.4 is 0 Å². The number of alkyl halides is 3. The van der Waals surface area contributed by atoms with Gasteiger partial charge in [0.05, 0.1) is 22.0 Å². The van der Waals surface area contributed by atoms with Crippen molar-refractivity contribution in [2.24, 2.45) is 10.2 Å². The molecule has 0 spiro atoms. The van der Waals surface area contributed by atoms with E-state index in [1.54, 1.807) is 11.3 Å². The van der Waals surface area contributed by atoms with Gasteiger partial charge in [-0.05, 0) is 43.7 Å². The topological polar surface area (TPSA) is 42.0 Å². The molecule has 3 aromatic rings. The Balaban J connectivity index is 2.03. The Kier molecular flexibility index (Phi) is 4.04. The summed E-state index contributed by atoms with van der Waals surface area (Å²) in [6.45, 7) is 3.68. The third-order valence-electron chi connectivity index (χ3n) is 3.42. The first-order chi connectivity index (χ1) is 11.3. The van der Waals surface area contributed by atoms with Gasteiger partial charge in [-0.1, -0.05) is 17.7 Å². The van der Waals surface area contributed by atoms with Crippen LogP contribution in [0.1, 0.15) is 16.8 Å². The van der Waals surface area contributed by atoms with E-state index in [2.05, 4.69) is 15.2 Å². The van der Waals surface area contributed by atoms with Gasteiger partial charge in [0.1, 0.15) is 5.65 Å². The number of hydrogen-bond donors (Lipinski definition) is 0. The van der Waals surface area contributed by atoms with E-state index in [9.17, 15) is 13.2 Å². The molecule has 24 heavy (non-hydrogen) atoms. The van der Waals surface area contributed by atoms with E-state index in [1.807, 2.05) is 25.3 Å². The maximum Gasteiger partial charge on any atom is 0.417 e. The number of pyridine rings is 1. The lowest BCUT2D eigenvalue weighted by Gasteiger charge is -2.08. The normalized spacial score (nSPS) is 12.4. The summed E-state index contributed by atoms with van der Waals surface area (Å²) < 4.78 is 40.4. The first kappa shape index (κ1) is 16.4. The van der Waals surface area contributed by atoms with Crippen molar-refractivity contribution < 1.29 is 13.2 Å². The van der Waals surface area contributed by atoms with E-state index in [4.69, 9.17) is 11.6 Å². The molecule has 0 radical (unpaired) electrons. The minimum atomic E-state index is -4.54. The zero-order chi connectivity index (χ0) is 17.5. The summed E-state index contributed by atoms with van der Waals surface area (Å²) in [5.41, 5.74) is 1.45. The number of azo groups is 1. The predicted molar refractivity (Wildman–Crippen MR) is 85.3 cm³/mol. The quantitative estimate of drug-likeness (QED) is 0.518. The van der Waals surface area contributed by atoms with Crippen molar-refractivity contribution in [1.82, 2.24) is 9.38 Å². The molecule has 0 aliphatic carbocycles. The molecule has 0 aliphatic rings. The van der Waals surface area contributed by atoms with Gasteiger partial charge in [-0.3, -0.25) is 4.40 Å². The van der Waals surface area contributed by atoms with Gasteiger partial charge in [0.15, 0.2) is 5.82 Å². The van der Waals surface area contributed by atoms with Gasteiger partial charge < -0.3 is 0 Å². The predicted octanol–water partition coefficient (Wildman–Crippen LogP) is 6.04. The lowest BCUT2D eigenvalue weighted by molar-refractivity contribution is -0.137. The maximum atomic E-state index is 12.9. The SMILES string of the molecule is Cc1ccc2nc(C)c(N=Nc3ccc(Cl)c(C(F)(F)F)c3)n2c1. The Labute approximate surface area is 140 Å². The third kappa shape index (κ3) is 3.12. The lowest BCUT2D eigenvalue weighted by Crippen LogP contribution is -2.05. The second kappa shape index (κ2) is 5.90. The highest BCUT2D eigenvalue weighted by atomic mass is 35.5. The third-order valence-corrected chi connectivity index (χ3v) is 3.75. The molecular formula is C16H12ClF3N4. The molecule has 3 rings (SSSR count). The van der Waals surface area contributed by atoms with Gasteiger partial charge in [0.25, 0.3) is 0 Å². The minimum absolute atomic E-state index is 0.0636. The fraction of sp³-hybridized carbons (Fsp3) is 0.188. The Morgan fingerprint density at radius 2 is 1.83 bits per heavy atom. The molecule has 0 saturated carbocycles. The molecule has 124 valence electrons. The second-order valence-corrected chi connectivity index (χ2v) is 5.72. The minimum Gasteiger partial charge on any atom is -0.283 e. The van der Waals surface area contributed by atoms with Crippen LogP contribution in [0.2, 0.25) is 5.02 Å².